The number of nitrogens with one attached hydrogen (secondary N) is 1. The monoisotopic (exact) mass is 382 g/mol. The Balaban J connectivity index is 1.96. The molecule has 1 heterocycles. The highest BCUT2D eigenvalue weighted by atomic mass is 127. The second kappa shape index (κ2) is 5.20. The van der Waals surface area contributed by atoms with Crippen molar-refractivity contribution in [3.8, 4) is 17.2 Å². The molecule has 0 aliphatic carbocycles. The number of hydrogen-bond acceptors (Lipinski definition) is 4. The number of carbonyl (C=O) groups is 1. The Bertz CT molecular complexity index is 688. The van der Waals surface area contributed by atoms with Crippen molar-refractivity contribution in [2.24, 2.45) is 0 Å². The summed E-state index contributed by atoms with van der Waals surface area (Å²) < 4.78 is 12.1. The fourth-order valence-electron chi connectivity index (χ4n) is 1.86. The second-order valence-corrected chi connectivity index (χ2v) is 5.42. The molecular weight excluding hydrogens is 371 g/mol. The molecule has 1 aliphatic rings. The molecule has 0 saturated carbocycles. The highest BCUT2D eigenvalue weighted by Gasteiger charge is 2.19. The topological polar surface area (TPSA) is 73.6 Å². The van der Waals surface area contributed by atoms with Crippen molar-refractivity contribution in [3.05, 3.63) is 40.0 Å². The van der Waals surface area contributed by atoms with Crippen LogP contribution < -0.4 is 20.5 Å². The van der Waals surface area contributed by atoms with E-state index in [0.717, 1.165) is 3.57 Å². The van der Waals surface area contributed by atoms with Crippen LogP contribution in [-0.4, -0.2) is 12.5 Å². The number of hydrogen-bond donors (Lipinski definition) is 2. The van der Waals surface area contributed by atoms with Crippen LogP contribution in [-0.2, 0) is 4.79 Å². The van der Waals surface area contributed by atoms with Crippen LogP contribution in [0.15, 0.2) is 36.4 Å². The lowest BCUT2D eigenvalue weighted by molar-refractivity contribution is -0.118. The summed E-state index contributed by atoms with van der Waals surface area (Å²) in [5.74, 6) is 1.56. The number of rotatable bonds is 2. The third-order valence-electron chi connectivity index (χ3n) is 2.80. The quantitative estimate of drug-likeness (QED) is 0.619. The highest BCUT2D eigenvalue weighted by molar-refractivity contribution is 14.1. The standard InChI is InChI=1S/C14H11IN2O3/c15-8-3-1-2-4-11(8)20-12-6-10-13(5-9(12)16)19-7-14(18)17-10/h1-6H,7,16H2,(H,17,18). The van der Waals surface area contributed by atoms with Gasteiger partial charge in [0.2, 0.25) is 0 Å². The number of benzene rings is 2. The number of amides is 1. The lowest BCUT2D eigenvalue weighted by Gasteiger charge is -2.20. The first-order valence-corrected chi connectivity index (χ1v) is 7.00. The Labute approximate surface area is 129 Å². The number of ether oxygens (including phenoxy) is 2. The van der Waals surface area contributed by atoms with E-state index < -0.39 is 0 Å². The van der Waals surface area contributed by atoms with Gasteiger partial charge in [-0.15, -0.1) is 0 Å². The molecule has 0 atom stereocenters. The van der Waals surface area contributed by atoms with Crippen molar-refractivity contribution in [2.75, 3.05) is 17.7 Å². The highest BCUT2D eigenvalue weighted by Crippen LogP contribution is 2.39. The van der Waals surface area contributed by atoms with Gasteiger partial charge in [-0.2, -0.15) is 0 Å². The van der Waals surface area contributed by atoms with Gasteiger partial charge in [-0.3, -0.25) is 4.79 Å². The number of nitrogens with two attached hydrogens (primary N) is 1. The number of halogens is 1. The summed E-state index contributed by atoms with van der Waals surface area (Å²) in [7, 11) is 0. The molecule has 2 aromatic carbocycles. The van der Waals surface area contributed by atoms with Crippen LogP contribution in [0.2, 0.25) is 0 Å². The van der Waals surface area contributed by atoms with Gasteiger partial charge in [-0.05, 0) is 34.7 Å². The zero-order valence-corrected chi connectivity index (χ0v) is 12.5. The van der Waals surface area contributed by atoms with Gasteiger partial charge in [0.1, 0.15) is 11.5 Å². The molecule has 0 aromatic heterocycles. The zero-order valence-electron chi connectivity index (χ0n) is 10.4. The SMILES string of the molecule is Nc1cc2c(cc1Oc1ccccc1I)NC(=O)CO2. The van der Waals surface area contributed by atoms with E-state index in [9.17, 15) is 4.79 Å². The molecule has 0 unspecified atom stereocenters. The Hall–Kier alpha value is -1.96. The molecule has 0 bridgehead atoms. The molecule has 20 heavy (non-hydrogen) atoms. The van der Waals surface area contributed by atoms with E-state index in [0.29, 0.717) is 28.6 Å². The third kappa shape index (κ3) is 2.51. The van der Waals surface area contributed by atoms with Gasteiger partial charge in [0, 0.05) is 12.1 Å². The van der Waals surface area contributed by atoms with Gasteiger partial charge in [-0.25, -0.2) is 0 Å². The normalized spacial score (nSPS) is 13.2. The third-order valence-corrected chi connectivity index (χ3v) is 3.69. The summed E-state index contributed by atoms with van der Waals surface area (Å²) in [5, 5.41) is 2.73. The number of para-hydroxylation sites is 1. The summed E-state index contributed by atoms with van der Waals surface area (Å²) in [4.78, 5) is 11.3. The molecule has 1 aliphatic heterocycles. The maximum atomic E-state index is 11.3. The Morgan fingerprint density at radius 1 is 1.25 bits per heavy atom. The lowest BCUT2D eigenvalue weighted by atomic mass is 10.2. The Morgan fingerprint density at radius 2 is 2.05 bits per heavy atom. The first kappa shape index (κ1) is 13.0. The van der Waals surface area contributed by atoms with E-state index in [2.05, 4.69) is 27.9 Å². The molecular formula is C14H11IN2O3. The summed E-state index contributed by atoms with van der Waals surface area (Å²) in [5.41, 5.74) is 6.98. The van der Waals surface area contributed by atoms with Gasteiger partial charge >= 0.3 is 0 Å². The van der Waals surface area contributed by atoms with Gasteiger partial charge in [-0.1, -0.05) is 12.1 Å². The van der Waals surface area contributed by atoms with Crippen LogP contribution in [0.25, 0.3) is 0 Å². The predicted molar refractivity (Wildman–Crippen MR) is 84.2 cm³/mol. The lowest BCUT2D eigenvalue weighted by Crippen LogP contribution is -2.25. The molecule has 0 radical (unpaired) electrons. The average molecular weight is 382 g/mol. The average Bonchev–Trinajstić information content (AvgIpc) is 2.42. The van der Waals surface area contributed by atoms with Gasteiger partial charge in [0.05, 0.1) is 14.9 Å². The van der Waals surface area contributed by atoms with E-state index in [4.69, 9.17) is 15.2 Å². The summed E-state index contributed by atoms with van der Waals surface area (Å²) in [6.45, 7) is 0.00320. The molecule has 102 valence electrons. The van der Waals surface area contributed by atoms with Crippen LogP contribution in [0.3, 0.4) is 0 Å². The molecule has 2 aromatic rings. The molecule has 3 N–H and O–H groups in total. The fourth-order valence-corrected chi connectivity index (χ4v) is 2.35. The minimum atomic E-state index is -0.192. The zero-order chi connectivity index (χ0) is 14.1. The maximum Gasteiger partial charge on any atom is 0.262 e. The summed E-state index contributed by atoms with van der Waals surface area (Å²) in [6, 6.07) is 10.9. The van der Waals surface area contributed by atoms with Crippen LogP contribution in [0.1, 0.15) is 0 Å². The number of carbonyl (C=O) groups excluding carboxylic acids is 1. The van der Waals surface area contributed by atoms with Crippen LogP contribution in [0, 0.1) is 3.57 Å². The first-order valence-electron chi connectivity index (χ1n) is 5.92. The van der Waals surface area contributed by atoms with Gasteiger partial charge < -0.3 is 20.5 Å². The van der Waals surface area contributed by atoms with E-state index in [1.807, 2.05) is 24.3 Å². The van der Waals surface area contributed by atoms with Crippen molar-refractivity contribution in [1.82, 2.24) is 0 Å². The molecule has 0 fully saturated rings. The van der Waals surface area contributed by atoms with E-state index in [1.165, 1.54) is 0 Å². The second-order valence-electron chi connectivity index (χ2n) is 4.26. The smallest absolute Gasteiger partial charge is 0.262 e. The van der Waals surface area contributed by atoms with Crippen molar-refractivity contribution in [3.63, 3.8) is 0 Å². The van der Waals surface area contributed by atoms with Crippen molar-refractivity contribution >= 4 is 39.9 Å². The van der Waals surface area contributed by atoms with Crippen LogP contribution in [0.4, 0.5) is 11.4 Å². The largest absolute Gasteiger partial charge is 0.481 e. The van der Waals surface area contributed by atoms with Crippen molar-refractivity contribution in [2.45, 2.75) is 0 Å². The molecule has 0 spiro atoms. The molecule has 1 amide bonds. The van der Waals surface area contributed by atoms with E-state index in [1.54, 1.807) is 12.1 Å². The summed E-state index contributed by atoms with van der Waals surface area (Å²) in [6.07, 6.45) is 0. The van der Waals surface area contributed by atoms with E-state index in [-0.39, 0.29) is 12.5 Å². The van der Waals surface area contributed by atoms with Crippen molar-refractivity contribution in [1.29, 1.82) is 0 Å². The Kier molecular flexibility index (Phi) is 3.39. The fraction of sp³-hybridized carbons (Fsp3) is 0.0714. The predicted octanol–water partition coefficient (Wildman–Crippen LogP) is 3.00. The molecule has 3 rings (SSSR count). The van der Waals surface area contributed by atoms with Crippen LogP contribution >= 0.6 is 22.6 Å². The maximum absolute atomic E-state index is 11.3. The molecule has 0 saturated heterocycles. The van der Waals surface area contributed by atoms with E-state index >= 15 is 0 Å². The number of fused-ring (bicyclic) bond motifs is 1. The van der Waals surface area contributed by atoms with Crippen LogP contribution in [0.5, 0.6) is 17.2 Å². The van der Waals surface area contributed by atoms with Gasteiger partial charge in [0.15, 0.2) is 12.4 Å². The minimum Gasteiger partial charge on any atom is -0.481 e. The summed E-state index contributed by atoms with van der Waals surface area (Å²) >= 11 is 2.19. The Morgan fingerprint density at radius 3 is 2.85 bits per heavy atom. The van der Waals surface area contributed by atoms with Crippen molar-refractivity contribution < 1.29 is 14.3 Å². The molecule has 5 nitrogen and oxygen atoms in total. The molecule has 6 heteroatoms. The number of anilines is 2. The number of nitrogen functional groups attached to an aromatic ring is 1. The minimum absolute atomic E-state index is 0.00320. The van der Waals surface area contributed by atoms with Gasteiger partial charge in [0.25, 0.3) is 5.91 Å². The first-order chi connectivity index (χ1) is 9.63.